The van der Waals surface area contributed by atoms with Crippen molar-refractivity contribution in [2.75, 3.05) is 19.8 Å². The van der Waals surface area contributed by atoms with E-state index in [2.05, 4.69) is 46.4 Å². The molecule has 0 N–H and O–H groups in total. The van der Waals surface area contributed by atoms with E-state index in [0.29, 0.717) is 24.6 Å². The van der Waals surface area contributed by atoms with E-state index in [-0.39, 0.29) is 23.2 Å². The van der Waals surface area contributed by atoms with Gasteiger partial charge < -0.3 is 14.2 Å². The van der Waals surface area contributed by atoms with E-state index in [1.807, 2.05) is 18.2 Å². The lowest BCUT2D eigenvalue weighted by molar-refractivity contribution is -0.350. The Hall–Kier alpha value is -1.43. The lowest BCUT2D eigenvalue weighted by Gasteiger charge is -2.60. The number of piperidine rings is 1. The number of benzene rings is 1. The van der Waals surface area contributed by atoms with Crippen LogP contribution in [-0.2, 0) is 14.2 Å². The maximum Gasteiger partial charge on any atom is 0.338 e. The molecule has 0 aliphatic carbocycles. The topological polar surface area (TPSA) is 48.0 Å². The van der Waals surface area contributed by atoms with E-state index in [0.717, 1.165) is 38.7 Å². The summed E-state index contributed by atoms with van der Waals surface area (Å²) in [5.74, 6) is -0.320. The maximum absolute atomic E-state index is 12.3. The highest BCUT2D eigenvalue weighted by atomic mass is 16.7. The van der Waals surface area contributed by atoms with Gasteiger partial charge in [-0.25, -0.2) is 4.79 Å². The zero-order valence-corrected chi connectivity index (χ0v) is 20.3. The third kappa shape index (κ3) is 5.50. The summed E-state index contributed by atoms with van der Waals surface area (Å²) in [6.07, 6.45) is 5.20. The summed E-state index contributed by atoms with van der Waals surface area (Å²) >= 11 is 0. The van der Waals surface area contributed by atoms with E-state index in [1.165, 1.54) is 0 Å². The van der Waals surface area contributed by atoms with E-state index < -0.39 is 5.79 Å². The average Bonchev–Trinajstić information content (AvgIpc) is 2.70. The Morgan fingerprint density at radius 2 is 1.74 bits per heavy atom. The molecule has 0 aromatic heterocycles. The summed E-state index contributed by atoms with van der Waals surface area (Å²) in [6.45, 7) is 15.3. The first kappa shape index (κ1) is 24.2. The van der Waals surface area contributed by atoms with Crippen LogP contribution >= 0.6 is 0 Å². The molecule has 2 fully saturated rings. The molecule has 174 valence electrons. The summed E-state index contributed by atoms with van der Waals surface area (Å²) in [7, 11) is 0. The molecule has 0 saturated carbocycles. The summed E-state index contributed by atoms with van der Waals surface area (Å²) in [5.41, 5.74) is 0.308. The molecular formula is C26H41NO4. The molecule has 1 aromatic carbocycles. The molecule has 0 radical (unpaired) electrons. The first-order chi connectivity index (χ1) is 14.6. The lowest BCUT2D eigenvalue weighted by Crippen LogP contribution is -2.68. The van der Waals surface area contributed by atoms with Gasteiger partial charge in [-0.1, -0.05) is 38.5 Å². The number of esters is 1. The van der Waals surface area contributed by atoms with E-state index >= 15 is 0 Å². The van der Waals surface area contributed by atoms with Crippen molar-refractivity contribution in [2.45, 2.75) is 96.6 Å². The Bertz CT molecular complexity index is 712. The zero-order valence-electron chi connectivity index (χ0n) is 20.3. The Morgan fingerprint density at radius 1 is 1.10 bits per heavy atom. The van der Waals surface area contributed by atoms with Crippen LogP contribution in [0, 0.1) is 5.92 Å². The summed E-state index contributed by atoms with van der Waals surface area (Å²) < 4.78 is 18.8. The zero-order chi connectivity index (χ0) is 22.7. The van der Waals surface area contributed by atoms with Gasteiger partial charge in [-0.3, -0.25) is 4.90 Å². The molecule has 0 amide bonds. The third-order valence-corrected chi connectivity index (χ3v) is 6.97. The number of carbonyl (C=O) groups excluding carboxylic acids is 1. The number of hydrogen-bond donors (Lipinski definition) is 0. The second kappa shape index (κ2) is 9.60. The van der Waals surface area contributed by atoms with Gasteiger partial charge in [0.25, 0.3) is 0 Å². The fourth-order valence-electron chi connectivity index (χ4n) is 5.80. The van der Waals surface area contributed by atoms with E-state index in [1.54, 1.807) is 12.1 Å². The molecule has 0 bridgehead atoms. The van der Waals surface area contributed by atoms with Gasteiger partial charge in [0.15, 0.2) is 5.79 Å². The quantitative estimate of drug-likeness (QED) is 0.539. The molecule has 2 heterocycles. The molecule has 2 aliphatic heterocycles. The van der Waals surface area contributed by atoms with Crippen LogP contribution in [0.15, 0.2) is 30.3 Å². The monoisotopic (exact) mass is 431 g/mol. The molecule has 3 rings (SSSR count). The van der Waals surface area contributed by atoms with Crippen molar-refractivity contribution in [3.63, 3.8) is 0 Å². The first-order valence-corrected chi connectivity index (χ1v) is 11.9. The molecule has 5 nitrogen and oxygen atoms in total. The number of rotatable bonds is 7. The normalized spacial score (nSPS) is 27.2. The highest BCUT2D eigenvalue weighted by Gasteiger charge is 2.56. The largest absolute Gasteiger partial charge is 0.461 e. The van der Waals surface area contributed by atoms with Gasteiger partial charge >= 0.3 is 5.97 Å². The number of nitrogens with zero attached hydrogens (tertiary/aromatic N) is 1. The van der Waals surface area contributed by atoms with Gasteiger partial charge in [0.05, 0.1) is 18.3 Å². The fourth-order valence-corrected chi connectivity index (χ4v) is 5.80. The number of likely N-dealkylation sites (tertiary alicyclic amines) is 1. The Kier molecular flexibility index (Phi) is 7.50. The highest BCUT2D eigenvalue weighted by Crippen LogP contribution is 2.48. The van der Waals surface area contributed by atoms with E-state index in [9.17, 15) is 4.79 Å². The van der Waals surface area contributed by atoms with Crippen molar-refractivity contribution in [3.05, 3.63) is 35.9 Å². The van der Waals surface area contributed by atoms with Crippen LogP contribution < -0.4 is 0 Å². The van der Waals surface area contributed by atoms with Crippen LogP contribution in [-0.4, -0.2) is 53.6 Å². The second-order valence-electron chi connectivity index (χ2n) is 10.5. The molecule has 2 atom stereocenters. The number of carbonyl (C=O) groups is 1. The molecule has 1 aromatic rings. The van der Waals surface area contributed by atoms with Gasteiger partial charge in [0.2, 0.25) is 0 Å². The SMILES string of the molecule is CCCC1OC2(CC(C)(C)N(CCOC(=O)c3ccccc3)C(C)(C)C2)OCC1CC. The molecular weight excluding hydrogens is 390 g/mol. The van der Waals surface area contributed by atoms with Gasteiger partial charge in [-0.05, 0) is 52.7 Å². The summed E-state index contributed by atoms with van der Waals surface area (Å²) in [5, 5.41) is 0. The molecule has 1 spiro atoms. The predicted octanol–water partition coefficient (Wildman–Crippen LogP) is 5.43. The van der Waals surface area contributed by atoms with Crippen molar-refractivity contribution >= 4 is 5.97 Å². The van der Waals surface area contributed by atoms with Crippen LogP contribution in [0.4, 0.5) is 0 Å². The second-order valence-corrected chi connectivity index (χ2v) is 10.5. The van der Waals surface area contributed by atoms with Crippen LogP contribution in [0.25, 0.3) is 0 Å². The smallest absolute Gasteiger partial charge is 0.338 e. The van der Waals surface area contributed by atoms with Crippen LogP contribution in [0.2, 0.25) is 0 Å². The van der Waals surface area contributed by atoms with Crippen LogP contribution in [0.5, 0.6) is 0 Å². The van der Waals surface area contributed by atoms with Crippen molar-refractivity contribution in [2.24, 2.45) is 5.92 Å². The van der Waals surface area contributed by atoms with Crippen LogP contribution in [0.3, 0.4) is 0 Å². The van der Waals surface area contributed by atoms with Gasteiger partial charge in [-0.15, -0.1) is 0 Å². The number of ether oxygens (including phenoxy) is 3. The molecule has 2 unspecified atom stereocenters. The highest BCUT2D eigenvalue weighted by molar-refractivity contribution is 5.89. The third-order valence-electron chi connectivity index (χ3n) is 6.97. The summed E-state index contributed by atoms with van der Waals surface area (Å²) in [6, 6.07) is 9.18. The first-order valence-electron chi connectivity index (χ1n) is 11.9. The standard InChI is InChI=1S/C26H41NO4/c1-7-12-22-20(8-2)17-30-26(31-22)18-24(3,4)27(25(5,6)19-26)15-16-29-23(28)21-13-10-9-11-14-21/h9-11,13-14,20,22H,7-8,12,15-19H2,1-6H3. The van der Waals surface area contributed by atoms with Crippen molar-refractivity contribution in [1.29, 1.82) is 0 Å². The van der Waals surface area contributed by atoms with Gasteiger partial charge in [0.1, 0.15) is 6.61 Å². The summed E-state index contributed by atoms with van der Waals surface area (Å²) in [4.78, 5) is 14.8. The van der Waals surface area contributed by atoms with Crippen molar-refractivity contribution in [1.82, 2.24) is 4.90 Å². The lowest BCUT2D eigenvalue weighted by atomic mass is 9.75. The average molecular weight is 432 g/mol. The van der Waals surface area contributed by atoms with Crippen LogP contribution in [0.1, 0.15) is 84.0 Å². The Labute approximate surface area is 188 Å². The maximum atomic E-state index is 12.3. The van der Waals surface area contributed by atoms with Gasteiger partial charge in [0, 0.05) is 36.4 Å². The fraction of sp³-hybridized carbons (Fsp3) is 0.731. The molecule has 5 heteroatoms. The minimum absolute atomic E-state index is 0.142. The molecule has 31 heavy (non-hydrogen) atoms. The number of hydrogen-bond acceptors (Lipinski definition) is 5. The predicted molar refractivity (Wildman–Crippen MR) is 123 cm³/mol. The molecule has 2 saturated heterocycles. The molecule has 2 aliphatic rings. The van der Waals surface area contributed by atoms with Crippen molar-refractivity contribution < 1.29 is 19.0 Å². The Morgan fingerprint density at radius 3 is 2.32 bits per heavy atom. The van der Waals surface area contributed by atoms with Gasteiger partial charge in [-0.2, -0.15) is 0 Å². The minimum atomic E-state index is -0.532. The Balaban J connectivity index is 1.66. The van der Waals surface area contributed by atoms with Crippen molar-refractivity contribution in [3.8, 4) is 0 Å². The minimum Gasteiger partial charge on any atom is -0.461 e. The van der Waals surface area contributed by atoms with E-state index in [4.69, 9.17) is 14.2 Å².